The molecule has 0 aliphatic carbocycles. The molecule has 0 aromatic carbocycles. The standard InChI is InChI=1S/C16H32.2BrH.2H3N/c1-4-6-7-8-9-10-11-12-13-14-15-16(3)5-2;;;;/h5H,4,6-15H2,1-3H3;2*1H;2*1H3. The molecule has 0 bridgehead atoms. The molecule has 0 saturated heterocycles. The third kappa shape index (κ3) is 27.0. The Balaban J connectivity index is -0.000000187. The molecule has 0 aromatic heterocycles. The molecule has 0 amide bonds. The van der Waals surface area contributed by atoms with Crippen molar-refractivity contribution in [1.29, 1.82) is 0 Å². The second-order valence-electron chi connectivity index (χ2n) is 5.07. The molecule has 0 aliphatic rings. The minimum atomic E-state index is 0. The van der Waals surface area contributed by atoms with Crippen LogP contribution >= 0.6 is 0 Å². The minimum Gasteiger partial charge on any atom is -1.00 e. The Bertz CT molecular complexity index is 174. The van der Waals surface area contributed by atoms with Gasteiger partial charge >= 0.3 is 0 Å². The Morgan fingerprint density at radius 3 is 1.40 bits per heavy atom. The normalized spacial score (nSPS) is 9.65. The maximum absolute atomic E-state index is 2.28. The number of quaternary nitrogens is 2. The van der Waals surface area contributed by atoms with Crippen molar-refractivity contribution >= 4 is 0 Å². The average Bonchev–Trinajstić information content (AvgIpc) is 2.31. The van der Waals surface area contributed by atoms with Gasteiger partial charge in [-0.2, -0.15) is 0 Å². The number of allylic oxidation sites excluding steroid dienone is 2. The fraction of sp³-hybridized carbons (Fsp3) is 0.875. The second kappa shape index (κ2) is 27.9. The van der Waals surface area contributed by atoms with Gasteiger partial charge in [0.15, 0.2) is 0 Å². The van der Waals surface area contributed by atoms with Gasteiger partial charge in [0.25, 0.3) is 0 Å². The zero-order valence-electron chi connectivity index (χ0n) is 14.6. The van der Waals surface area contributed by atoms with Crippen molar-refractivity contribution in [2.24, 2.45) is 0 Å². The minimum absolute atomic E-state index is 0. The van der Waals surface area contributed by atoms with Gasteiger partial charge < -0.3 is 46.3 Å². The lowest BCUT2D eigenvalue weighted by atomic mass is 10.0. The highest BCUT2D eigenvalue weighted by atomic mass is 79.9. The average molecular weight is 420 g/mol. The molecule has 0 saturated carbocycles. The van der Waals surface area contributed by atoms with Gasteiger partial charge in [-0.15, -0.1) is 0 Å². The maximum Gasteiger partial charge on any atom is -0.0323 e. The van der Waals surface area contributed by atoms with E-state index < -0.39 is 0 Å². The first-order valence-electron chi connectivity index (χ1n) is 7.43. The first-order valence-corrected chi connectivity index (χ1v) is 7.43. The van der Waals surface area contributed by atoms with Crippen LogP contribution in [0.1, 0.15) is 91.4 Å². The predicted molar refractivity (Wildman–Crippen MR) is 87.9 cm³/mol. The third-order valence-corrected chi connectivity index (χ3v) is 3.42. The quantitative estimate of drug-likeness (QED) is 0.370. The molecular formula is C16H40Br2N2. The molecule has 0 fully saturated rings. The van der Waals surface area contributed by atoms with Crippen LogP contribution in [0, 0.1) is 0 Å². The van der Waals surface area contributed by atoms with Crippen LogP contribution < -0.4 is 46.3 Å². The van der Waals surface area contributed by atoms with Gasteiger partial charge in [-0.1, -0.05) is 76.4 Å². The lowest BCUT2D eigenvalue weighted by Gasteiger charge is -2.02. The summed E-state index contributed by atoms with van der Waals surface area (Å²) in [5.41, 5.74) is 1.56. The van der Waals surface area contributed by atoms with Crippen LogP contribution in [0.5, 0.6) is 0 Å². The Morgan fingerprint density at radius 1 is 0.700 bits per heavy atom. The number of rotatable bonds is 11. The van der Waals surface area contributed by atoms with Crippen molar-refractivity contribution in [2.75, 3.05) is 0 Å². The molecule has 0 spiro atoms. The van der Waals surface area contributed by atoms with E-state index in [4.69, 9.17) is 0 Å². The van der Waals surface area contributed by atoms with Crippen LogP contribution in [0.25, 0.3) is 0 Å². The maximum atomic E-state index is 2.28. The lowest BCUT2D eigenvalue weighted by Crippen LogP contribution is -3.00. The predicted octanol–water partition coefficient (Wildman–Crippen LogP) is 1.02. The molecule has 0 aliphatic heterocycles. The summed E-state index contributed by atoms with van der Waals surface area (Å²) in [4.78, 5) is 0. The van der Waals surface area contributed by atoms with Crippen molar-refractivity contribution in [2.45, 2.75) is 91.4 Å². The summed E-state index contributed by atoms with van der Waals surface area (Å²) in [6.07, 6.45) is 17.9. The molecule has 20 heavy (non-hydrogen) atoms. The summed E-state index contributed by atoms with van der Waals surface area (Å²) in [5, 5.41) is 0. The number of unbranched alkanes of at least 4 members (excludes halogenated alkanes) is 9. The van der Waals surface area contributed by atoms with Crippen LogP contribution in [0.4, 0.5) is 0 Å². The van der Waals surface area contributed by atoms with E-state index in [9.17, 15) is 0 Å². The van der Waals surface area contributed by atoms with E-state index in [0.29, 0.717) is 0 Å². The van der Waals surface area contributed by atoms with Gasteiger partial charge in [-0.25, -0.2) is 0 Å². The first-order chi connectivity index (χ1) is 7.81. The summed E-state index contributed by atoms with van der Waals surface area (Å²) in [7, 11) is 0. The zero-order valence-corrected chi connectivity index (χ0v) is 17.8. The van der Waals surface area contributed by atoms with Crippen molar-refractivity contribution in [3.8, 4) is 0 Å². The van der Waals surface area contributed by atoms with E-state index in [1.54, 1.807) is 5.57 Å². The zero-order chi connectivity index (χ0) is 12.1. The molecule has 8 N–H and O–H groups in total. The lowest BCUT2D eigenvalue weighted by molar-refractivity contribution is -0.00100. The molecule has 4 heteroatoms. The highest BCUT2D eigenvalue weighted by Gasteiger charge is 1.93. The summed E-state index contributed by atoms with van der Waals surface area (Å²) >= 11 is 0. The Kier molecular flexibility index (Phi) is 45.4. The van der Waals surface area contributed by atoms with Gasteiger partial charge in [0.2, 0.25) is 0 Å². The molecule has 0 radical (unpaired) electrons. The molecule has 0 atom stereocenters. The Hall–Kier alpha value is 0.620. The highest BCUT2D eigenvalue weighted by molar-refractivity contribution is 4.94. The third-order valence-electron chi connectivity index (χ3n) is 3.42. The van der Waals surface area contributed by atoms with E-state index in [-0.39, 0.29) is 46.3 Å². The van der Waals surface area contributed by atoms with E-state index in [1.165, 1.54) is 70.6 Å². The van der Waals surface area contributed by atoms with Crippen LogP contribution in [0.3, 0.4) is 0 Å². The van der Waals surface area contributed by atoms with Gasteiger partial charge in [0.1, 0.15) is 0 Å². The van der Waals surface area contributed by atoms with Crippen LogP contribution in [0.2, 0.25) is 0 Å². The van der Waals surface area contributed by atoms with Gasteiger partial charge in [-0.05, 0) is 26.7 Å². The molecule has 0 rings (SSSR count). The van der Waals surface area contributed by atoms with Crippen LogP contribution in [0.15, 0.2) is 11.6 Å². The Morgan fingerprint density at radius 2 is 1.05 bits per heavy atom. The summed E-state index contributed by atoms with van der Waals surface area (Å²) in [6.45, 7) is 6.67. The summed E-state index contributed by atoms with van der Waals surface area (Å²) < 4.78 is 0. The molecule has 2 nitrogen and oxygen atoms in total. The molecule has 128 valence electrons. The number of halogens is 2. The van der Waals surface area contributed by atoms with Gasteiger partial charge in [0, 0.05) is 0 Å². The fourth-order valence-corrected chi connectivity index (χ4v) is 2.04. The smallest absolute Gasteiger partial charge is 0.0323 e. The SMILES string of the molecule is CC=C(C)CCCCCCCCCCCC.[Br-].[Br-].[NH4+].[NH4+]. The van der Waals surface area contributed by atoms with Gasteiger partial charge in [0.05, 0.1) is 0 Å². The van der Waals surface area contributed by atoms with E-state index >= 15 is 0 Å². The monoisotopic (exact) mass is 418 g/mol. The highest BCUT2D eigenvalue weighted by Crippen LogP contribution is 2.13. The summed E-state index contributed by atoms with van der Waals surface area (Å²) in [6, 6.07) is 0. The van der Waals surface area contributed by atoms with Crippen LogP contribution in [-0.2, 0) is 0 Å². The molecule has 0 unspecified atom stereocenters. The molecular weight excluding hydrogens is 380 g/mol. The van der Waals surface area contributed by atoms with Crippen molar-refractivity contribution in [1.82, 2.24) is 12.3 Å². The van der Waals surface area contributed by atoms with E-state index in [1.807, 2.05) is 0 Å². The van der Waals surface area contributed by atoms with Crippen LogP contribution in [-0.4, -0.2) is 0 Å². The van der Waals surface area contributed by atoms with Crippen molar-refractivity contribution in [3.63, 3.8) is 0 Å². The Labute approximate surface area is 149 Å². The number of hydrogen-bond acceptors (Lipinski definition) is 0. The van der Waals surface area contributed by atoms with Crippen molar-refractivity contribution in [3.05, 3.63) is 11.6 Å². The first kappa shape index (κ1) is 32.5. The molecule has 0 aromatic rings. The summed E-state index contributed by atoms with van der Waals surface area (Å²) in [5.74, 6) is 0. The fourth-order valence-electron chi connectivity index (χ4n) is 2.04. The van der Waals surface area contributed by atoms with E-state index in [0.717, 1.165) is 0 Å². The van der Waals surface area contributed by atoms with E-state index in [2.05, 4.69) is 26.8 Å². The second-order valence-corrected chi connectivity index (χ2v) is 5.07. The topological polar surface area (TPSA) is 73.0 Å². The molecule has 0 heterocycles. The largest absolute Gasteiger partial charge is 1.00 e. The van der Waals surface area contributed by atoms with Gasteiger partial charge in [-0.3, -0.25) is 0 Å². The van der Waals surface area contributed by atoms with Crippen molar-refractivity contribution < 1.29 is 34.0 Å². The number of hydrogen-bond donors (Lipinski definition) is 2.